The van der Waals surface area contributed by atoms with Gasteiger partial charge in [-0.25, -0.2) is 0 Å². The predicted molar refractivity (Wildman–Crippen MR) is 156 cm³/mol. The Kier molecular flexibility index (Phi) is 10.7. The summed E-state index contributed by atoms with van der Waals surface area (Å²) in [5, 5.41) is 24.6. The van der Waals surface area contributed by atoms with Crippen LogP contribution in [0.3, 0.4) is 0 Å². The quantitative estimate of drug-likeness (QED) is 0.226. The highest BCUT2D eigenvalue weighted by Crippen LogP contribution is 2.50. The molecule has 2 aliphatic rings. The molecule has 0 aliphatic heterocycles. The molecule has 2 saturated carbocycles. The highest BCUT2D eigenvalue weighted by atomic mass is 16.5. The lowest BCUT2D eigenvalue weighted by Crippen LogP contribution is -2.68. The van der Waals surface area contributed by atoms with E-state index in [0.717, 1.165) is 41.0 Å². The van der Waals surface area contributed by atoms with Crippen molar-refractivity contribution in [3.63, 3.8) is 0 Å². The Morgan fingerprint density at radius 3 is 2.17 bits per heavy atom. The maximum absolute atomic E-state index is 12.3. The Morgan fingerprint density at radius 1 is 1.05 bits per heavy atom. The first-order chi connectivity index (χ1) is 19.7. The zero-order valence-electron chi connectivity index (χ0n) is 25.0. The molecule has 226 valence electrons. The predicted octanol–water partition coefficient (Wildman–Crippen LogP) is 5.00. The number of carbonyl (C=O) groups is 1. The van der Waals surface area contributed by atoms with Crippen molar-refractivity contribution in [3.05, 3.63) is 59.2 Å². The van der Waals surface area contributed by atoms with Crippen molar-refractivity contribution >= 4 is 5.97 Å². The number of aliphatic hydroxyl groups is 1. The van der Waals surface area contributed by atoms with E-state index >= 15 is 0 Å². The second-order valence-electron chi connectivity index (χ2n) is 11.1. The van der Waals surface area contributed by atoms with Crippen LogP contribution in [0.5, 0.6) is 11.5 Å². The Morgan fingerprint density at radius 2 is 1.66 bits per heavy atom. The summed E-state index contributed by atoms with van der Waals surface area (Å²) in [7, 11) is 1.57. The highest BCUT2D eigenvalue weighted by molar-refractivity contribution is 5.80. The number of hydrogen-bond donors (Lipinski definition) is 3. The number of carboxylic acids is 1. The number of benzene rings is 2. The van der Waals surface area contributed by atoms with Gasteiger partial charge in [-0.2, -0.15) is 0 Å². The normalized spacial score (nSPS) is 22.6. The van der Waals surface area contributed by atoms with E-state index in [0.29, 0.717) is 32.3 Å². The Labute approximate surface area is 243 Å². The average molecular weight is 571 g/mol. The molecule has 3 N–H and O–H groups in total. The van der Waals surface area contributed by atoms with Gasteiger partial charge >= 0.3 is 5.97 Å². The molecule has 0 spiro atoms. The molecule has 0 heterocycles. The molecular weight excluding hydrogens is 524 g/mol. The number of aliphatic hydroxyl groups excluding tert-OH is 1. The summed E-state index contributed by atoms with van der Waals surface area (Å²) in [6.45, 7) is 9.68. The van der Waals surface area contributed by atoms with Gasteiger partial charge in [0.2, 0.25) is 0 Å². The third-order valence-corrected chi connectivity index (χ3v) is 8.29. The van der Waals surface area contributed by atoms with Gasteiger partial charge in [-0.05, 0) is 69.7 Å². The van der Waals surface area contributed by atoms with Gasteiger partial charge in [0.05, 0.1) is 32.0 Å². The number of rotatable bonds is 17. The van der Waals surface area contributed by atoms with Gasteiger partial charge in [0.15, 0.2) is 6.35 Å². The van der Waals surface area contributed by atoms with Crippen LogP contribution in [0.25, 0.3) is 0 Å². The van der Waals surface area contributed by atoms with Crippen LogP contribution in [0, 0.1) is 0 Å². The standard InChI is InChI=1S/C32H46N2O7/c1-6-39-27-17-25(18-28(40-7-2)29(27)24-13-14-24)21(3)34(15-16-41-22(4)23-11-9-8-10-12-23)31(37)33-32(30(35)36)19-26(20-32)38-5/h8-12,17-18,21-22,24,26,31,33,37H,6-7,13-16,19-20H2,1-5H3,(H,35,36)/t21-,22+,26?,31?,32?/m1/s1. The molecule has 0 amide bonds. The zero-order chi connectivity index (χ0) is 29.6. The van der Waals surface area contributed by atoms with Gasteiger partial charge < -0.3 is 29.2 Å². The lowest BCUT2D eigenvalue weighted by atomic mass is 9.74. The van der Waals surface area contributed by atoms with Crippen LogP contribution in [-0.2, 0) is 14.3 Å². The second kappa shape index (κ2) is 14.0. The number of nitrogens with one attached hydrogen (secondary N) is 1. The average Bonchev–Trinajstić information content (AvgIpc) is 3.78. The Balaban J connectivity index is 1.59. The van der Waals surface area contributed by atoms with Crippen LogP contribution in [0.15, 0.2) is 42.5 Å². The van der Waals surface area contributed by atoms with Crippen molar-refractivity contribution < 1.29 is 34.0 Å². The summed E-state index contributed by atoms with van der Waals surface area (Å²) in [4.78, 5) is 14.1. The van der Waals surface area contributed by atoms with Gasteiger partial charge in [0.25, 0.3) is 0 Å². The van der Waals surface area contributed by atoms with Crippen LogP contribution in [0.1, 0.15) is 88.1 Å². The van der Waals surface area contributed by atoms with E-state index in [1.165, 1.54) is 0 Å². The van der Waals surface area contributed by atoms with E-state index in [-0.39, 0.29) is 31.1 Å². The van der Waals surface area contributed by atoms with Gasteiger partial charge in [-0.3, -0.25) is 15.0 Å². The lowest BCUT2D eigenvalue weighted by Gasteiger charge is -2.47. The van der Waals surface area contributed by atoms with E-state index < -0.39 is 17.9 Å². The van der Waals surface area contributed by atoms with Crippen molar-refractivity contribution in [3.8, 4) is 11.5 Å². The molecule has 2 aliphatic carbocycles. The van der Waals surface area contributed by atoms with Crippen molar-refractivity contribution in [1.29, 1.82) is 0 Å². The van der Waals surface area contributed by atoms with E-state index in [4.69, 9.17) is 18.9 Å². The molecule has 2 aromatic carbocycles. The number of hydrogen-bond acceptors (Lipinski definition) is 8. The fraction of sp³-hybridized carbons (Fsp3) is 0.594. The monoisotopic (exact) mass is 570 g/mol. The van der Waals surface area contributed by atoms with Crippen LogP contribution in [0.2, 0.25) is 0 Å². The van der Waals surface area contributed by atoms with Crippen molar-refractivity contribution in [2.75, 3.05) is 33.5 Å². The summed E-state index contributed by atoms with van der Waals surface area (Å²) in [5.74, 6) is 1.05. The van der Waals surface area contributed by atoms with Crippen LogP contribution in [-0.4, -0.2) is 72.6 Å². The molecule has 3 atom stereocenters. The van der Waals surface area contributed by atoms with Crippen molar-refractivity contribution in [1.82, 2.24) is 10.2 Å². The molecule has 41 heavy (non-hydrogen) atoms. The molecule has 2 fully saturated rings. The molecule has 0 saturated heterocycles. The number of methoxy groups -OCH3 is 1. The van der Waals surface area contributed by atoms with E-state index in [2.05, 4.69) is 5.32 Å². The van der Waals surface area contributed by atoms with Gasteiger partial charge in [0, 0.05) is 38.1 Å². The first-order valence-corrected chi connectivity index (χ1v) is 14.8. The maximum Gasteiger partial charge on any atom is 0.324 e. The number of nitrogens with zero attached hydrogens (tertiary/aromatic N) is 1. The molecule has 0 radical (unpaired) electrons. The summed E-state index contributed by atoms with van der Waals surface area (Å²) >= 11 is 0. The minimum absolute atomic E-state index is 0.134. The van der Waals surface area contributed by atoms with E-state index in [1.807, 2.05) is 75.1 Å². The van der Waals surface area contributed by atoms with E-state index in [9.17, 15) is 15.0 Å². The van der Waals surface area contributed by atoms with Crippen molar-refractivity contribution in [2.45, 2.75) is 89.4 Å². The van der Waals surface area contributed by atoms with Gasteiger partial charge in [0.1, 0.15) is 17.0 Å². The van der Waals surface area contributed by atoms with Crippen LogP contribution >= 0.6 is 0 Å². The topological polar surface area (TPSA) is 110 Å². The summed E-state index contributed by atoms with van der Waals surface area (Å²) in [6, 6.07) is 13.7. The SMILES string of the molecule is CCOc1cc([C@@H](C)N(CCO[C@@H](C)c2ccccc2)C(O)NC2(C(=O)O)CC(OC)C2)cc(OCC)c1C1CC1. The molecule has 9 heteroatoms. The largest absolute Gasteiger partial charge is 0.493 e. The fourth-order valence-corrected chi connectivity index (χ4v) is 5.63. The van der Waals surface area contributed by atoms with Gasteiger partial charge in [-0.1, -0.05) is 30.3 Å². The maximum atomic E-state index is 12.3. The lowest BCUT2D eigenvalue weighted by molar-refractivity contribution is -0.167. The molecule has 9 nitrogen and oxygen atoms in total. The molecule has 0 bridgehead atoms. The molecule has 2 aromatic rings. The summed E-state index contributed by atoms with van der Waals surface area (Å²) < 4.78 is 23.7. The van der Waals surface area contributed by atoms with Crippen molar-refractivity contribution in [2.24, 2.45) is 0 Å². The van der Waals surface area contributed by atoms with Gasteiger partial charge in [-0.15, -0.1) is 0 Å². The summed E-state index contributed by atoms with van der Waals surface area (Å²) in [6.07, 6.45) is 1.23. The zero-order valence-corrected chi connectivity index (χ0v) is 25.0. The number of carboxylic acid groups (broad SMARTS) is 1. The highest BCUT2D eigenvalue weighted by Gasteiger charge is 2.52. The molecule has 0 aromatic heterocycles. The minimum Gasteiger partial charge on any atom is -0.493 e. The Hall–Kier alpha value is -2.69. The van der Waals surface area contributed by atoms with Crippen LogP contribution in [0.4, 0.5) is 0 Å². The smallest absolute Gasteiger partial charge is 0.324 e. The third-order valence-electron chi connectivity index (χ3n) is 8.29. The molecule has 4 rings (SSSR count). The number of ether oxygens (including phenoxy) is 4. The number of aliphatic carboxylic acids is 1. The first-order valence-electron chi connectivity index (χ1n) is 14.8. The fourth-order valence-electron chi connectivity index (χ4n) is 5.63. The first kappa shape index (κ1) is 31.3. The third kappa shape index (κ3) is 7.40. The molecular formula is C32H46N2O7. The second-order valence-corrected chi connectivity index (χ2v) is 11.1. The summed E-state index contributed by atoms with van der Waals surface area (Å²) in [5.41, 5.74) is 1.82. The molecule has 1 unspecified atom stereocenters. The van der Waals surface area contributed by atoms with E-state index in [1.54, 1.807) is 7.11 Å². The Bertz CT molecular complexity index is 1110. The van der Waals surface area contributed by atoms with Crippen LogP contribution < -0.4 is 14.8 Å². The minimum atomic E-state index is -1.26.